The SMILES string of the molecule is CC=CCOCc1ccc(C2CCC(C3CCC(CC=CC)CC3)CC2)c(F)c1. The number of allylic oxidation sites excluding steroid dienone is 3. The van der Waals surface area contributed by atoms with E-state index < -0.39 is 0 Å². The summed E-state index contributed by atoms with van der Waals surface area (Å²) in [4.78, 5) is 0. The van der Waals surface area contributed by atoms with Gasteiger partial charge in [0.1, 0.15) is 5.82 Å². The maximum Gasteiger partial charge on any atom is 0.127 e. The molecule has 0 heterocycles. The van der Waals surface area contributed by atoms with Crippen molar-refractivity contribution in [1.29, 1.82) is 0 Å². The lowest BCUT2D eigenvalue weighted by molar-refractivity contribution is 0.148. The minimum atomic E-state index is -0.0370. The molecule has 1 aromatic rings. The Kier molecular flexibility index (Phi) is 8.98. The molecule has 0 N–H and O–H groups in total. The van der Waals surface area contributed by atoms with Crippen molar-refractivity contribution in [1.82, 2.24) is 0 Å². The Balaban J connectivity index is 1.45. The van der Waals surface area contributed by atoms with Gasteiger partial charge in [-0.1, -0.05) is 36.4 Å². The molecule has 29 heavy (non-hydrogen) atoms. The van der Waals surface area contributed by atoms with Crippen LogP contribution in [0.15, 0.2) is 42.5 Å². The van der Waals surface area contributed by atoms with E-state index >= 15 is 0 Å². The fourth-order valence-electron chi connectivity index (χ4n) is 5.46. The van der Waals surface area contributed by atoms with Crippen LogP contribution in [0.5, 0.6) is 0 Å². The summed E-state index contributed by atoms with van der Waals surface area (Å²) in [5.74, 6) is 3.06. The van der Waals surface area contributed by atoms with Crippen LogP contribution < -0.4 is 0 Å². The Morgan fingerprint density at radius 1 is 0.897 bits per heavy atom. The smallest absolute Gasteiger partial charge is 0.127 e. The molecule has 2 aliphatic rings. The van der Waals surface area contributed by atoms with Crippen LogP contribution in [0.1, 0.15) is 88.7 Å². The molecule has 0 radical (unpaired) electrons. The molecule has 1 aromatic carbocycles. The number of hydrogen-bond donors (Lipinski definition) is 0. The molecule has 3 rings (SSSR count). The lowest BCUT2D eigenvalue weighted by Crippen LogP contribution is -2.25. The summed E-state index contributed by atoms with van der Waals surface area (Å²) in [6, 6.07) is 5.75. The third-order valence-electron chi connectivity index (χ3n) is 7.26. The maximum absolute atomic E-state index is 14.7. The Morgan fingerprint density at radius 3 is 2.17 bits per heavy atom. The van der Waals surface area contributed by atoms with Gasteiger partial charge in [0.15, 0.2) is 0 Å². The van der Waals surface area contributed by atoms with Gasteiger partial charge in [0.2, 0.25) is 0 Å². The van der Waals surface area contributed by atoms with Crippen molar-refractivity contribution in [3.63, 3.8) is 0 Å². The Hall–Kier alpha value is -1.41. The molecule has 1 nitrogen and oxygen atoms in total. The van der Waals surface area contributed by atoms with Gasteiger partial charge in [-0.25, -0.2) is 4.39 Å². The monoisotopic (exact) mass is 398 g/mol. The van der Waals surface area contributed by atoms with Crippen molar-refractivity contribution >= 4 is 0 Å². The summed E-state index contributed by atoms with van der Waals surface area (Å²) in [6.45, 7) is 5.16. The van der Waals surface area contributed by atoms with Crippen LogP contribution in [0.3, 0.4) is 0 Å². The molecule has 2 heteroatoms. The van der Waals surface area contributed by atoms with E-state index in [4.69, 9.17) is 4.74 Å². The zero-order valence-corrected chi connectivity index (χ0v) is 18.4. The van der Waals surface area contributed by atoms with E-state index in [1.807, 2.05) is 31.2 Å². The summed E-state index contributed by atoms with van der Waals surface area (Å²) in [5.41, 5.74) is 1.86. The summed E-state index contributed by atoms with van der Waals surface area (Å²) < 4.78 is 20.3. The molecular formula is C27H39FO. The number of benzene rings is 1. The molecule has 0 spiro atoms. The second-order valence-corrected chi connectivity index (χ2v) is 9.14. The van der Waals surface area contributed by atoms with Gasteiger partial charge in [-0.05, 0) is 112 Å². The summed E-state index contributed by atoms with van der Waals surface area (Å²) in [5, 5.41) is 0. The normalized spacial score (nSPS) is 28.4. The van der Waals surface area contributed by atoms with Crippen molar-refractivity contribution in [2.75, 3.05) is 6.61 Å². The molecule has 2 aliphatic carbocycles. The average Bonchev–Trinajstić information content (AvgIpc) is 2.76. The molecule has 2 saturated carbocycles. The Labute approximate surface area is 177 Å². The standard InChI is InChI=1S/C27H39FO/c1-3-5-7-21-8-11-23(12-9-21)24-13-15-25(16-14-24)26-17-10-22(19-27(26)28)20-29-18-6-4-2/h3-6,10,17,19,21,23-25H,7-9,11-16,18,20H2,1-2H3. The van der Waals surface area contributed by atoms with E-state index in [0.717, 1.165) is 41.7 Å². The summed E-state index contributed by atoms with van der Waals surface area (Å²) in [6.07, 6.45) is 20.2. The molecule has 0 aliphatic heterocycles. The molecule has 0 bridgehead atoms. The van der Waals surface area contributed by atoms with Gasteiger partial charge >= 0.3 is 0 Å². The zero-order chi connectivity index (χ0) is 20.5. The summed E-state index contributed by atoms with van der Waals surface area (Å²) in [7, 11) is 0. The first-order chi connectivity index (χ1) is 14.2. The van der Waals surface area contributed by atoms with Crippen LogP contribution in [-0.2, 0) is 11.3 Å². The molecule has 0 aromatic heterocycles. The molecule has 0 amide bonds. The molecule has 160 valence electrons. The third-order valence-corrected chi connectivity index (χ3v) is 7.26. The highest BCUT2D eigenvalue weighted by atomic mass is 19.1. The number of halogens is 1. The second-order valence-electron chi connectivity index (χ2n) is 9.14. The van der Waals surface area contributed by atoms with E-state index in [-0.39, 0.29) is 5.82 Å². The third kappa shape index (κ3) is 6.54. The van der Waals surface area contributed by atoms with Crippen LogP contribution in [0.2, 0.25) is 0 Å². The van der Waals surface area contributed by atoms with E-state index in [9.17, 15) is 4.39 Å². The quantitative estimate of drug-likeness (QED) is 0.319. The predicted molar refractivity (Wildman–Crippen MR) is 120 cm³/mol. The lowest BCUT2D eigenvalue weighted by atomic mass is 9.68. The molecule has 2 fully saturated rings. The van der Waals surface area contributed by atoms with Gasteiger partial charge in [0.25, 0.3) is 0 Å². The largest absolute Gasteiger partial charge is 0.373 e. The van der Waals surface area contributed by atoms with Crippen LogP contribution in [0.4, 0.5) is 4.39 Å². The molecule has 0 unspecified atom stereocenters. The highest BCUT2D eigenvalue weighted by Gasteiger charge is 2.31. The van der Waals surface area contributed by atoms with Crippen molar-refractivity contribution in [3.8, 4) is 0 Å². The Bertz CT molecular complexity index is 661. The van der Waals surface area contributed by atoms with Crippen LogP contribution in [-0.4, -0.2) is 6.61 Å². The van der Waals surface area contributed by atoms with Crippen LogP contribution >= 0.6 is 0 Å². The second kappa shape index (κ2) is 11.7. The van der Waals surface area contributed by atoms with Crippen molar-refractivity contribution < 1.29 is 9.13 Å². The fourth-order valence-corrected chi connectivity index (χ4v) is 5.46. The molecule has 0 atom stereocenters. The molecular weight excluding hydrogens is 359 g/mol. The number of ether oxygens (including phenoxy) is 1. The van der Waals surface area contributed by atoms with Gasteiger partial charge in [-0.15, -0.1) is 0 Å². The zero-order valence-electron chi connectivity index (χ0n) is 18.4. The van der Waals surface area contributed by atoms with Gasteiger partial charge in [0.05, 0.1) is 13.2 Å². The first-order valence-corrected chi connectivity index (χ1v) is 11.8. The van der Waals surface area contributed by atoms with E-state index in [1.54, 1.807) is 6.07 Å². The van der Waals surface area contributed by atoms with Crippen LogP contribution in [0.25, 0.3) is 0 Å². The lowest BCUT2D eigenvalue weighted by Gasteiger charge is -2.38. The van der Waals surface area contributed by atoms with Gasteiger partial charge in [-0.2, -0.15) is 0 Å². The first kappa shape index (κ1) is 22.3. The minimum absolute atomic E-state index is 0.0370. The van der Waals surface area contributed by atoms with Crippen LogP contribution in [0, 0.1) is 23.6 Å². The summed E-state index contributed by atoms with van der Waals surface area (Å²) >= 11 is 0. The predicted octanol–water partition coefficient (Wildman–Crippen LogP) is 7.96. The molecule has 0 saturated heterocycles. The van der Waals surface area contributed by atoms with E-state index in [2.05, 4.69) is 19.1 Å². The van der Waals surface area contributed by atoms with Crippen molar-refractivity contribution in [2.45, 2.75) is 84.2 Å². The first-order valence-electron chi connectivity index (χ1n) is 11.8. The van der Waals surface area contributed by atoms with Crippen molar-refractivity contribution in [2.24, 2.45) is 17.8 Å². The Morgan fingerprint density at radius 2 is 1.55 bits per heavy atom. The van der Waals surface area contributed by atoms with E-state index in [1.165, 1.54) is 44.9 Å². The van der Waals surface area contributed by atoms with Gasteiger partial charge < -0.3 is 4.74 Å². The highest BCUT2D eigenvalue weighted by molar-refractivity contribution is 5.27. The maximum atomic E-state index is 14.7. The number of hydrogen-bond acceptors (Lipinski definition) is 1. The fraction of sp³-hybridized carbons (Fsp3) is 0.630. The van der Waals surface area contributed by atoms with E-state index in [0.29, 0.717) is 19.1 Å². The topological polar surface area (TPSA) is 9.23 Å². The van der Waals surface area contributed by atoms with Gasteiger partial charge in [-0.3, -0.25) is 0 Å². The van der Waals surface area contributed by atoms with Crippen molar-refractivity contribution in [3.05, 3.63) is 59.4 Å². The minimum Gasteiger partial charge on any atom is -0.373 e. The highest BCUT2D eigenvalue weighted by Crippen LogP contribution is 2.44. The average molecular weight is 399 g/mol. The van der Waals surface area contributed by atoms with Gasteiger partial charge in [0, 0.05) is 0 Å². The number of rotatable bonds is 8.